The zero-order valence-electron chi connectivity index (χ0n) is 13.2. The van der Waals surface area contributed by atoms with Crippen LogP contribution in [0, 0.1) is 5.82 Å². The maximum atomic E-state index is 14.6. The predicted molar refractivity (Wildman–Crippen MR) is 82.5 cm³/mol. The molecule has 1 heterocycles. The highest BCUT2D eigenvalue weighted by Gasteiger charge is 2.38. The van der Waals surface area contributed by atoms with Crippen molar-refractivity contribution in [2.45, 2.75) is 44.7 Å². The van der Waals surface area contributed by atoms with Gasteiger partial charge in [0.1, 0.15) is 0 Å². The van der Waals surface area contributed by atoms with Crippen LogP contribution in [0.3, 0.4) is 0 Å². The van der Waals surface area contributed by atoms with Gasteiger partial charge in [-0.15, -0.1) is 0 Å². The highest BCUT2D eigenvalue weighted by molar-refractivity contribution is 5.34. The fourth-order valence-electron chi connectivity index (χ4n) is 3.24. The smallest absolute Gasteiger partial charge is 0.169 e. The molecule has 1 unspecified atom stereocenters. The van der Waals surface area contributed by atoms with Crippen molar-refractivity contribution in [2.75, 3.05) is 20.2 Å². The number of methoxy groups -OCH3 is 1. The average molecular weight is 295 g/mol. The number of ether oxygens (including phenoxy) is 1. The van der Waals surface area contributed by atoms with E-state index in [4.69, 9.17) is 10.6 Å². The first-order valence-corrected chi connectivity index (χ1v) is 7.56. The molecule has 0 bridgehead atoms. The van der Waals surface area contributed by atoms with Crippen molar-refractivity contribution in [1.29, 1.82) is 0 Å². The van der Waals surface area contributed by atoms with Gasteiger partial charge in [-0.3, -0.25) is 16.2 Å². The zero-order chi connectivity index (χ0) is 15.5. The Bertz CT molecular complexity index is 473. The quantitative estimate of drug-likeness (QED) is 0.647. The van der Waals surface area contributed by atoms with Crippen LogP contribution in [0.25, 0.3) is 0 Å². The van der Waals surface area contributed by atoms with Crippen LogP contribution in [0.1, 0.15) is 44.7 Å². The minimum absolute atomic E-state index is 0.252. The molecule has 21 heavy (non-hydrogen) atoms. The number of halogens is 1. The number of hydrogen-bond acceptors (Lipinski definition) is 4. The van der Waals surface area contributed by atoms with E-state index in [0.29, 0.717) is 5.56 Å². The van der Waals surface area contributed by atoms with Gasteiger partial charge < -0.3 is 4.74 Å². The van der Waals surface area contributed by atoms with E-state index in [2.05, 4.69) is 24.2 Å². The van der Waals surface area contributed by atoms with E-state index in [0.717, 1.165) is 13.1 Å². The highest BCUT2D eigenvalue weighted by Crippen LogP contribution is 2.35. The van der Waals surface area contributed by atoms with E-state index < -0.39 is 0 Å². The molecule has 1 aliphatic rings. The lowest BCUT2D eigenvalue weighted by Gasteiger charge is -2.46. The lowest BCUT2D eigenvalue weighted by atomic mass is 9.85. The average Bonchev–Trinajstić information content (AvgIpc) is 2.50. The predicted octanol–water partition coefficient (Wildman–Crippen LogP) is 2.60. The monoisotopic (exact) mass is 295 g/mol. The second-order valence-corrected chi connectivity index (χ2v) is 6.16. The van der Waals surface area contributed by atoms with E-state index in [1.165, 1.54) is 26.4 Å². The fourth-order valence-corrected chi connectivity index (χ4v) is 3.24. The molecule has 1 aliphatic heterocycles. The van der Waals surface area contributed by atoms with Crippen LogP contribution >= 0.6 is 0 Å². The standard InChI is InChI=1S/C16H26FN3O/c1-16(2,20-10-5-4-6-11-20)15(19-18)12-8-7-9-13(21-3)14(12)17/h7-9,15,19H,4-6,10-11,18H2,1-3H3. The molecule has 1 atom stereocenters. The first-order chi connectivity index (χ1) is 10.0. The molecule has 0 aromatic heterocycles. The van der Waals surface area contributed by atoms with Crippen molar-refractivity contribution in [3.63, 3.8) is 0 Å². The van der Waals surface area contributed by atoms with Gasteiger partial charge in [-0.1, -0.05) is 18.6 Å². The van der Waals surface area contributed by atoms with Gasteiger partial charge in [0.05, 0.1) is 13.2 Å². The Morgan fingerprint density at radius 1 is 1.29 bits per heavy atom. The molecule has 1 saturated heterocycles. The number of nitrogens with zero attached hydrogens (tertiary/aromatic N) is 1. The maximum Gasteiger partial charge on any atom is 0.169 e. The first-order valence-electron chi connectivity index (χ1n) is 7.56. The molecule has 118 valence electrons. The van der Waals surface area contributed by atoms with Gasteiger partial charge in [-0.05, 0) is 45.8 Å². The van der Waals surface area contributed by atoms with Crippen molar-refractivity contribution in [3.8, 4) is 5.75 Å². The van der Waals surface area contributed by atoms with Crippen molar-refractivity contribution in [1.82, 2.24) is 10.3 Å². The Kier molecular flexibility index (Phi) is 5.19. The molecule has 1 aromatic rings. The summed E-state index contributed by atoms with van der Waals surface area (Å²) in [6.07, 6.45) is 3.63. The van der Waals surface area contributed by atoms with Gasteiger partial charge in [0.25, 0.3) is 0 Å². The molecular weight excluding hydrogens is 269 g/mol. The van der Waals surface area contributed by atoms with E-state index in [-0.39, 0.29) is 23.1 Å². The summed E-state index contributed by atoms with van der Waals surface area (Å²) in [5.74, 6) is 5.69. The van der Waals surface area contributed by atoms with Crippen molar-refractivity contribution in [2.24, 2.45) is 5.84 Å². The number of nitrogens with one attached hydrogen (secondary N) is 1. The van der Waals surface area contributed by atoms with Gasteiger partial charge in [-0.25, -0.2) is 4.39 Å². The molecule has 4 nitrogen and oxygen atoms in total. The second kappa shape index (κ2) is 6.73. The summed E-state index contributed by atoms with van der Waals surface area (Å²) in [4.78, 5) is 2.39. The van der Waals surface area contributed by atoms with Crippen LogP contribution < -0.4 is 16.0 Å². The number of nitrogens with two attached hydrogens (primary N) is 1. The summed E-state index contributed by atoms with van der Waals surface area (Å²) in [5, 5.41) is 0. The van der Waals surface area contributed by atoms with E-state index in [9.17, 15) is 4.39 Å². The second-order valence-electron chi connectivity index (χ2n) is 6.16. The Morgan fingerprint density at radius 3 is 2.52 bits per heavy atom. The van der Waals surface area contributed by atoms with Crippen LogP contribution in [0.5, 0.6) is 5.75 Å². The Labute approximate surface area is 126 Å². The van der Waals surface area contributed by atoms with E-state index in [1.807, 2.05) is 0 Å². The Hall–Kier alpha value is -1.17. The molecule has 0 spiro atoms. The van der Waals surface area contributed by atoms with Gasteiger partial charge in [0.2, 0.25) is 0 Å². The molecule has 0 aliphatic carbocycles. The van der Waals surface area contributed by atoms with Crippen molar-refractivity contribution in [3.05, 3.63) is 29.6 Å². The maximum absolute atomic E-state index is 14.6. The SMILES string of the molecule is COc1cccc(C(NN)C(C)(C)N2CCCCC2)c1F. The number of benzene rings is 1. The molecule has 3 N–H and O–H groups in total. The summed E-state index contributed by atoms with van der Waals surface area (Å²) < 4.78 is 19.6. The third kappa shape index (κ3) is 3.20. The minimum atomic E-state index is -0.340. The molecule has 0 radical (unpaired) electrons. The summed E-state index contributed by atoms with van der Waals surface area (Å²) in [6.45, 7) is 6.27. The van der Waals surface area contributed by atoms with Crippen LogP contribution in [0.4, 0.5) is 4.39 Å². The zero-order valence-corrected chi connectivity index (χ0v) is 13.2. The van der Waals surface area contributed by atoms with Gasteiger partial charge in [-0.2, -0.15) is 0 Å². The summed E-state index contributed by atoms with van der Waals surface area (Å²) in [7, 11) is 1.48. The van der Waals surface area contributed by atoms with Crippen LogP contribution in [0.2, 0.25) is 0 Å². The number of piperidine rings is 1. The molecule has 0 saturated carbocycles. The van der Waals surface area contributed by atoms with Gasteiger partial charge >= 0.3 is 0 Å². The summed E-state index contributed by atoms with van der Waals surface area (Å²) in [6, 6.07) is 4.90. The third-order valence-electron chi connectivity index (χ3n) is 4.57. The normalized spacial score (nSPS) is 18.5. The van der Waals surface area contributed by atoms with Crippen LogP contribution in [0.15, 0.2) is 18.2 Å². The topological polar surface area (TPSA) is 50.5 Å². The largest absolute Gasteiger partial charge is 0.494 e. The van der Waals surface area contributed by atoms with Crippen molar-refractivity contribution < 1.29 is 9.13 Å². The Balaban J connectivity index is 2.33. The van der Waals surface area contributed by atoms with E-state index in [1.54, 1.807) is 18.2 Å². The van der Waals surface area contributed by atoms with Gasteiger partial charge in [0.15, 0.2) is 11.6 Å². The highest BCUT2D eigenvalue weighted by atomic mass is 19.1. The summed E-state index contributed by atoms with van der Waals surface area (Å²) in [5.41, 5.74) is 3.08. The lowest BCUT2D eigenvalue weighted by Crippen LogP contribution is -2.55. The minimum Gasteiger partial charge on any atom is -0.494 e. The number of hydrogen-bond donors (Lipinski definition) is 2. The molecular formula is C16H26FN3O. The number of rotatable bonds is 5. The van der Waals surface area contributed by atoms with E-state index >= 15 is 0 Å². The lowest BCUT2D eigenvalue weighted by molar-refractivity contribution is 0.0595. The molecule has 5 heteroatoms. The fraction of sp³-hybridized carbons (Fsp3) is 0.625. The van der Waals surface area contributed by atoms with Crippen LogP contribution in [-0.2, 0) is 0 Å². The third-order valence-corrected chi connectivity index (χ3v) is 4.57. The number of likely N-dealkylation sites (tertiary alicyclic amines) is 1. The van der Waals surface area contributed by atoms with Gasteiger partial charge in [0, 0.05) is 11.1 Å². The first kappa shape index (κ1) is 16.2. The molecule has 1 fully saturated rings. The van der Waals surface area contributed by atoms with Crippen LogP contribution in [-0.4, -0.2) is 30.6 Å². The summed E-state index contributed by atoms with van der Waals surface area (Å²) >= 11 is 0. The molecule has 1 aromatic carbocycles. The molecule has 2 rings (SSSR count). The van der Waals surface area contributed by atoms with Crippen molar-refractivity contribution >= 4 is 0 Å². The number of hydrazine groups is 1. The Morgan fingerprint density at radius 2 is 1.95 bits per heavy atom. The molecule has 0 amide bonds.